The van der Waals surface area contributed by atoms with Gasteiger partial charge in [0.05, 0.1) is 18.8 Å². The van der Waals surface area contributed by atoms with E-state index in [2.05, 4.69) is 14.4 Å². The summed E-state index contributed by atoms with van der Waals surface area (Å²) in [5, 5.41) is 15.3. The lowest BCUT2D eigenvalue weighted by Crippen LogP contribution is -2.41. The molecule has 0 amide bonds. The monoisotopic (exact) mass is 325 g/mol. The molecule has 0 aromatic rings. The van der Waals surface area contributed by atoms with Crippen molar-refractivity contribution >= 4 is 17.9 Å². The molecule has 132 valence electrons. The molecule has 0 aromatic heterocycles. The van der Waals surface area contributed by atoms with Gasteiger partial charge < -0.3 is 20.3 Å². The lowest BCUT2D eigenvalue weighted by Gasteiger charge is -2.10. The number of carboxylic acids is 1. The highest BCUT2D eigenvalue weighted by molar-refractivity contribution is 5.98. The van der Waals surface area contributed by atoms with Gasteiger partial charge >= 0.3 is 11.9 Å². The van der Waals surface area contributed by atoms with Crippen LogP contribution in [-0.4, -0.2) is 53.1 Å². The second-order valence-corrected chi connectivity index (χ2v) is 4.70. The predicted octanol–water partition coefficient (Wildman–Crippen LogP) is 0.805. The third kappa shape index (κ3) is 23.4. The second kappa shape index (κ2) is 14.2. The average Bonchev–Trinajstić information content (AvgIpc) is 2.37. The summed E-state index contributed by atoms with van der Waals surface area (Å²) in [6.45, 7) is 10.1. The van der Waals surface area contributed by atoms with Gasteiger partial charge in [-0.2, -0.15) is 0 Å². The van der Waals surface area contributed by atoms with Crippen LogP contribution in [0, 0.1) is 0 Å². The van der Waals surface area contributed by atoms with E-state index in [-0.39, 0.29) is 13.2 Å². The van der Waals surface area contributed by atoms with Crippen molar-refractivity contribution in [3.63, 3.8) is 0 Å². The minimum absolute atomic E-state index is 0.200. The van der Waals surface area contributed by atoms with Crippen LogP contribution in [0.1, 0.15) is 41.5 Å². The fraction of sp³-hybridized carbons (Fsp3) is 0.769. The van der Waals surface area contributed by atoms with Gasteiger partial charge in [0.2, 0.25) is 6.04 Å². The number of carbonyl (C=O) groups excluding carboxylic acids is 2. The zero-order valence-corrected chi connectivity index (χ0v) is 13.9. The van der Waals surface area contributed by atoms with Crippen molar-refractivity contribution in [3.8, 4) is 0 Å². The highest BCUT2D eigenvalue weighted by Crippen LogP contribution is 2.01. The molecule has 22 heavy (non-hydrogen) atoms. The highest BCUT2D eigenvalue weighted by Gasteiger charge is 2.24. The molecule has 9 heteroatoms. The zero-order chi connectivity index (χ0) is 18.3. The maximum atomic E-state index is 10.8. The molecule has 0 heterocycles. The number of nitrogens with two attached hydrogens (primary N) is 1. The minimum atomic E-state index is -1.31. The number of hydrogen-bond acceptors (Lipinski definition) is 8. The minimum Gasteiger partial charge on any atom is -0.481 e. The molecule has 0 aliphatic heterocycles. The van der Waals surface area contributed by atoms with Crippen LogP contribution >= 0.6 is 0 Å². The van der Waals surface area contributed by atoms with Crippen molar-refractivity contribution in [3.05, 3.63) is 0 Å². The van der Waals surface area contributed by atoms with E-state index in [1.54, 1.807) is 34.6 Å². The summed E-state index contributed by atoms with van der Waals surface area (Å²) in [7, 11) is 0. The third-order valence-electron chi connectivity index (χ3n) is 1.35. The summed E-state index contributed by atoms with van der Waals surface area (Å²) in [4.78, 5) is 34.6. The van der Waals surface area contributed by atoms with E-state index < -0.39 is 29.6 Å². The summed E-state index contributed by atoms with van der Waals surface area (Å²) in [5.41, 5.74) is 4.78. The van der Waals surface area contributed by atoms with Crippen molar-refractivity contribution in [2.75, 3.05) is 13.2 Å². The van der Waals surface area contributed by atoms with Crippen LogP contribution < -0.4 is 5.73 Å². The molecule has 0 saturated carbocycles. The standard InChI is InChI=1S/C7H13NO4.C4H10O2.C2H4O2/c1-3-11-6(9)5(8)7(10)12-4-2;1-4(2,3)6-5;1-2(3)4/h5H,3-4,8H2,1-2H3;5H,1-3H3;1H3,(H,3,4). The van der Waals surface area contributed by atoms with E-state index in [0.29, 0.717) is 0 Å². The van der Waals surface area contributed by atoms with Crippen LogP contribution in [0.25, 0.3) is 0 Å². The fourth-order valence-electron chi connectivity index (χ4n) is 0.560. The maximum Gasteiger partial charge on any atom is 0.334 e. The maximum absolute atomic E-state index is 10.8. The zero-order valence-electron chi connectivity index (χ0n) is 13.9. The lowest BCUT2D eigenvalue weighted by atomic mass is 10.2. The van der Waals surface area contributed by atoms with Gasteiger partial charge in [0.1, 0.15) is 0 Å². The molecule has 0 atom stereocenters. The Morgan fingerprint density at radius 1 is 1.05 bits per heavy atom. The van der Waals surface area contributed by atoms with Gasteiger partial charge in [-0.1, -0.05) is 0 Å². The number of hydrogen-bond donors (Lipinski definition) is 3. The largest absolute Gasteiger partial charge is 0.481 e. The van der Waals surface area contributed by atoms with Crippen LogP contribution in [0.5, 0.6) is 0 Å². The summed E-state index contributed by atoms with van der Waals surface area (Å²) in [5.74, 6) is -2.34. The van der Waals surface area contributed by atoms with Crippen molar-refractivity contribution < 1.29 is 39.1 Å². The first-order chi connectivity index (χ1) is 9.92. The first kappa shape index (κ1) is 25.3. The van der Waals surface area contributed by atoms with E-state index >= 15 is 0 Å². The average molecular weight is 325 g/mol. The molecule has 4 N–H and O–H groups in total. The van der Waals surface area contributed by atoms with E-state index in [0.717, 1.165) is 6.92 Å². The molecule has 0 saturated heterocycles. The number of carboxylic acid groups (broad SMARTS) is 1. The van der Waals surface area contributed by atoms with Crippen molar-refractivity contribution in [2.45, 2.75) is 53.2 Å². The van der Waals surface area contributed by atoms with Gasteiger partial charge in [0.15, 0.2) is 0 Å². The fourth-order valence-corrected chi connectivity index (χ4v) is 0.560. The van der Waals surface area contributed by atoms with Gasteiger partial charge in [-0.15, -0.1) is 0 Å². The molecule has 0 unspecified atom stereocenters. The molecule has 0 bridgehead atoms. The Hall–Kier alpha value is -1.71. The summed E-state index contributed by atoms with van der Waals surface area (Å²) < 4.78 is 9.01. The lowest BCUT2D eigenvalue weighted by molar-refractivity contribution is -0.306. The molecule has 0 fully saturated rings. The van der Waals surface area contributed by atoms with Crippen LogP contribution in [0.3, 0.4) is 0 Å². The Labute approximate surface area is 130 Å². The molecule has 0 radical (unpaired) electrons. The summed E-state index contributed by atoms with van der Waals surface area (Å²) in [6.07, 6.45) is 0. The third-order valence-corrected chi connectivity index (χ3v) is 1.35. The van der Waals surface area contributed by atoms with Crippen molar-refractivity contribution in [2.24, 2.45) is 5.73 Å². The molecule has 0 rings (SSSR count). The van der Waals surface area contributed by atoms with Crippen LogP contribution in [-0.2, 0) is 28.7 Å². The Morgan fingerprint density at radius 3 is 1.41 bits per heavy atom. The smallest absolute Gasteiger partial charge is 0.334 e. The van der Waals surface area contributed by atoms with Crippen molar-refractivity contribution in [1.82, 2.24) is 0 Å². The van der Waals surface area contributed by atoms with E-state index in [1.807, 2.05) is 0 Å². The molecular weight excluding hydrogens is 298 g/mol. The predicted molar refractivity (Wildman–Crippen MR) is 78.0 cm³/mol. The SMILES string of the molecule is CC(=O)O.CC(C)(C)OO.CCOC(=O)C(N)C(=O)OCC. The van der Waals surface area contributed by atoms with E-state index in [1.165, 1.54) is 0 Å². The molecule has 0 aromatic carbocycles. The second-order valence-electron chi connectivity index (χ2n) is 4.70. The van der Waals surface area contributed by atoms with Gasteiger partial charge in [-0.25, -0.2) is 14.5 Å². The normalized spacial score (nSPS) is 9.68. The molecule has 0 aliphatic rings. The Bertz CT molecular complexity index is 302. The Kier molecular flexibility index (Phi) is 16.3. The molecule has 9 nitrogen and oxygen atoms in total. The Morgan fingerprint density at radius 2 is 1.27 bits per heavy atom. The van der Waals surface area contributed by atoms with Gasteiger partial charge in [-0.3, -0.25) is 10.1 Å². The van der Waals surface area contributed by atoms with E-state index in [4.69, 9.17) is 20.9 Å². The molecule has 0 spiro atoms. The van der Waals surface area contributed by atoms with Gasteiger partial charge in [0, 0.05) is 6.92 Å². The Balaban J connectivity index is -0.000000300. The number of ether oxygens (including phenoxy) is 2. The first-order valence-corrected chi connectivity index (χ1v) is 6.53. The summed E-state index contributed by atoms with van der Waals surface area (Å²) >= 11 is 0. The van der Waals surface area contributed by atoms with Crippen LogP contribution in [0.2, 0.25) is 0 Å². The molecule has 0 aliphatic carbocycles. The summed E-state index contributed by atoms with van der Waals surface area (Å²) in [6, 6.07) is -1.31. The van der Waals surface area contributed by atoms with Gasteiger partial charge in [-0.05, 0) is 34.6 Å². The van der Waals surface area contributed by atoms with Gasteiger partial charge in [0.25, 0.3) is 5.97 Å². The van der Waals surface area contributed by atoms with Crippen molar-refractivity contribution in [1.29, 1.82) is 0 Å². The highest BCUT2D eigenvalue weighted by atomic mass is 17.1. The molecular formula is C13H27NO8. The number of rotatable bonds is 4. The van der Waals surface area contributed by atoms with E-state index in [9.17, 15) is 9.59 Å². The quantitative estimate of drug-likeness (QED) is 0.295. The van der Waals surface area contributed by atoms with Crippen LogP contribution in [0.4, 0.5) is 0 Å². The topological polar surface area (TPSA) is 145 Å². The number of aliphatic carboxylic acids is 1. The number of esters is 2. The van der Waals surface area contributed by atoms with Crippen LogP contribution in [0.15, 0.2) is 0 Å². The first-order valence-electron chi connectivity index (χ1n) is 6.53. The number of carbonyl (C=O) groups is 3.